The van der Waals surface area contributed by atoms with Crippen molar-refractivity contribution in [2.45, 2.75) is 75.2 Å². The maximum Gasteiger partial charge on any atom is 0.252 e. The Kier molecular flexibility index (Phi) is 9.03. The second-order valence-corrected chi connectivity index (χ2v) is 11.4. The Morgan fingerprint density at radius 3 is 2.25 bits per heavy atom. The Morgan fingerprint density at radius 1 is 0.955 bits per heavy atom. The Labute approximate surface area is 255 Å². The molecule has 12 nitrogen and oxygen atoms in total. The zero-order chi connectivity index (χ0) is 30.6. The monoisotopic (exact) mass is 601 g/mol. The zero-order valence-electron chi connectivity index (χ0n) is 24.6. The van der Waals surface area contributed by atoms with Crippen molar-refractivity contribution < 1.29 is 24.9 Å². The van der Waals surface area contributed by atoms with Gasteiger partial charge >= 0.3 is 0 Å². The van der Waals surface area contributed by atoms with Crippen molar-refractivity contribution in [1.82, 2.24) is 24.8 Å². The summed E-state index contributed by atoms with van der Waals surface area (Å²) in [5.41, 5.74) is 3.13. The third-order valence-electron chi connectivity index (χ3n) is 8.45. The van der Waals surface area contributed by atoms with E-state index < -0.39 is 30.4 Å². The highest BCUT2D eigenvalue weighted by molar-refractivity contribution is 5.85. The minimum absolute atomic E-state index is 0.0220. The van der Waals surface area contributed by atoms with Gasteiger partial charge in [0.25, 0.3) is 5.91 Å². The molecule has 1 amide bonds. The molecule has 6 N–H and O–H groups in total. The van der Waals surface area contributed by atoms with E-state index in [9.17, 15) is 20.1 Å². The minimum atomic E-state index is -1.42. The molecule has 2 aromatic heterocycles. The van der Waals surface area contributed by atoms with E-state index in [-0.39, 0.29) is 18.1 Å². The summed E-state index contributed by atoms with van der Waals surface area (Å²) >= 11 is 0. The summed E-state index contributed by atoms with van der Waals surface area (Å²) in [4.78, 5) is 26.7. The number of ether oxygens (including phenoxy) is 1. The molecule has 1 saturated carbocycles. The van der Waals surface area contributed by atoms with Gasteiger partial charge in [-0.25, -0.2) is 4.98 Å². The number of nitrogens with zero attached hydrogens (tertiary/aromatic N) is 4. The van der Waals surface area contributed by atoms with Crippen LogP contribution in [0.1, 0.15) is 55.9 Å². The number of aliphatic hydroxyl groups excluding tert-OH is 3. The highest BCUT2D eigenvalue weighted by Gasteiger charge is 2.47. The molecule has 232 valence electrons. The van der Waals surface area contributed by atoms with Crippen LogP contribution in [-0.2, 0) is 9.53 Å². The molecule has 3 heterocycles. The van der Waals surface area contributed by atoms with Crippen LogP contribution in [0.25, 0.3) is 11.2 Å². The molecule has 1 aliphatic heterocycles. The van der Waals surface area contributed by atoms with Gasteiger partial charge in [0.15, 0.2) is 29.3 Å². The average molecular weight is 602 g/mol. The number of likely N-dealkylation sites (N-methyl/N-ethyl adjacent to an activating group) is 1. The van der Waals surface area contributed by atoms with Crippen LogP contribution in [0, 0.1) is 0 Å². The molecule has 44 heavy (non-hydrogen) atoms. The number of imidazole rings is 1. The highest BCUT2D eigenvalue weighted by Crippen LogP contribution is 2.34. The van der Waals surface area contributed by atoms with Crippen molar-refractivity contribution >= 4 is 28.8 Å². The van der Waals surface area contributed by atoms with Crippen molar-refractivity contribution in [1.29, 1.82) is 0 Å². The number of hydrogen-bond acceptors (Lipinski definition) is 10. The lowest BCUT2D eigenvalue weighted by Gasteiger charge is -2.26. The van der Waals surface area contributed by atoms with Crippen LogP contribution in [0.2, 0.25) is 0 Å². The lowest BCUT2D eigenvalue weighted by atomic mass is 9.91. The zero-order valence-corrected chi connectivity index (χ0v) is 24.6. The summed E-state index contributed by atoms with van der Waals surface area (Å²) in [6.45, 7) is 2.65. The molecule has 1 aliphatic carbocycles. The SMILES string of the molecule is CCNC(=O)[C@H]1O[C@@H](n2cnc3c(NCC(c4ccccc4)c4ccccc4)nc(N[C@H]4CC[C@H](O)CC4)nc32)[C@H](O)[C@@H]1O. The van der Waals surface area contributed by atoms with Gasteiger partial charge in [-0.3, -0.25) is 9.36 Å². The molecule has 2 aromatic carbocycles. The highest BCUT2D eigenvalue weighted by atomic mass is 16.6. The molecule has 0 bridgehead atoms. The predicted octanol–water partition coefficient (Wildman–Crippen LogP) is 2.54. The van der Waals surface area contributed by atoms with Gasteiger partial charge in [-0.1, -0.05) is 60.7 Å². The van der Waals surface area contributed by atoms with Gasteiger partial charge in [0.1, 0.15) is 12.2 Å². The molecule has 4 aromatic rings. The van der Waals surface area contributed by atoms with E-state index in [1.54, 1.807) is 6.92 Å². The van der Waals surface area contributed by atoms with Crippen molar-refractivity contribution in [3.63, 3.8) is 0 Å². The van der Waals surface area contributed by atoms with Gasteiger partial charge in [0, 0.05) is 25.0 Å². The summed E-state index contributed by atoms with van der Waals surface area (Å²) in [6.07, 6.45) is -1.01. The number of anilines is 2. The average Bonchev–Trinajstić information content (AvgIpc) is 3.59. The van der Waals surface area contributed by atoms with E-state index in [4.69, 9.17) is 14.7 Å². The van der Waals surface area contributed by atoms with E-state index in [1.807, 2.05) is 36.4 Å². The van der Waals surface area contributed by atoms with Gasteiger partial charge in [-0.05, 0) is 43.7 Å². The molecule has 0 radical (unpaired) electrons. The lowest BCUT2D eigenvalue weighted by Crippen LogP contribution is -2.42. The third-order valence-corrected chi connectivity index (χ3v) is 8.45. The van der Waals surface area contributed by atoms with Crippen molar-refractivity contribution in [3.8, 4) is 0 Å². The molecule has 0 unspecified atom stereocenters. The fourth-order valence-electron chi connectivity index (χ4n) is 6.07. The molecule has 2 fully saturated rings. The number of carbonyl (C=O) groups excluding carboxylic acids is 1. The summed E-state index contributed by atoms with van der Waals surface area (Å²) in [5.74, 6) is 0.385. The number of hydrogen-bond donors (Lipinski definition) is 6. The predicted molar refractivity (Wildman–Crippen MR) is 165 cm³/mol. The van der Waals surface area contributed by atoms with E-state index in [0.29, 0.717) is 48.9 Å². The Morgan fingerprint density at radius 2 is 1.61 bits per heavy atom. The molecule has 2 aliphatic rings. The van der Waals surface area contributed by atoms with E-state index in [0.717, 1.165) is 24.0 Å². The van der Waals surface area contributed by atoms with Gasteiger partial charge in [0.2, 0.25) is 5.95 Å². The van der Waals surface area contributed by atoms with Crippen LogP contribution in [0.15, 0.2) is 67.0 Å². The van der Waals surface area contributed by atoms with Crippen LogP contribution >= 0.6 is 0 Å². The fourth-order valence-corrected chi connectivity index (χ4v) is 6.07. The number of fused-ring (bicyclic) bond motifs is 1. The Balaban J connectivity index is 1.34. The van der Waals surface area contributed by atoms with Crippen LogP contribution in [0.3, 0.4) is 0 Å². The van der Waals surface area contributed by atoms with Gasteiger partial charge in [-0.2, -0.15) is 9.97 Å². The first-order valence-electron chi connectivity index (χ1n) is 15.2. The number of aromatic nitrogens is 4. The minimum Gasteiger partial charge on any atom is -0.393 e. The maximum absolute atomic E-state index is 12.5. The summed E-state index contributed by atoms with van der Waals surface area (Å²) < 4.78 is 7.43. The van der Waals surface area contributed by atoms with Gasteiger partial charge in [0.05, 0.1) is 12.4 Å². The maximum atomic E-state index is 12.5. The molecule has 6 rings (SSSR count). The molecule has 12 heteroatoms. The topological polar surface area (TPSA) is 167 Å². The van der Waals surface area contributed by atoms with Crippen LogP contribution in [0.5, 0.6) is 0 Å². The number of carbonyl (C=O) groups is 1. The quantitative estimate of drug-likeness (QED) is 0.159. The van der Waals surface area contributed by atoms with E-state index >= 15 is 0 Å². The van der Waals surface area contributed by atoms with Crippen LogP contribution in [-0.4, -0.2) is 84.3 Å². The number of amides is 1. The van der Waals surface area contributed by atoms with Crippen LogP contribution in [0.4, 0.5) is 11.8 Å². The largest absolute Gasteiger partial charge is 0.393 e. The summed E-state index contributed by atoms with van der Waals surface area (Å²) in [5, 5.41) is 41.2. The van der Waals surface area contributed by atoms with E-state index in [2.05, 4.69) is 45.2 Å². The van der Waals surface area contributed by atoms with Crippen molar-refractivity contribution in [2.24, 2.45) is 0 Å². The number of rotatable bonds is 10. The second kappa shape index (κ2) is 13.3. The molecular weight excluding hydrogens is 562 g/mol. The standard InChI is InChI=1S/C32H39N7O5/c1-2-33-30(43)27-25(41)26(42)31(44-27)39-18-35-24-28(37-32(38-29(24)39)36-21-13-15-22(40)16-14-21)34-17-23(19-9-5-3-6-10-19)20-11-7-4-8-12-20/h3-12,18,21-23,25-27,31,40-42H,2,13-17H2,1H3,(H,33,43)(H2,34,36,37,38)/t21-,22-,25-,26+,27-,31+/m0/s1. The second-order valence-electron chi connectivity index (χ2n) is 11.4. The molecule has 0 spiro atoms. The Hall–Kier alpha value is -4.10. The van der Waals surface area contributed by atoms with Crippen molar-refractivity contribution in [2.75, 3.05) is 23.7 Å². The first-order valence-corrected chi connectivity index (χ1v) is 15.2. The lowest BCUT2D eigenvalue weighted by molar-refractivity contribution is -0.137. The van der Waals surface area contributed by atoms with Crippen molar-refractivity contribution in [3.05, 3.63) is 78.1 Å². The van der Waals surface area contributed by atoms with Gasteiger partial charge in [-0.15, -0.1) is 0 Å². The first-order chi connectivity index (χ1) is 21.4. The van der Waals surface area contributed by atoms with E-state index in [1.165, 1.54) is 10.9 Å². The number of benzene rings is 2. The molecule has 4 atom stereocenters. The van der Waals surface area contributed by atoms with Gasteiger partial charge < -0.3 is 36.0 Å². The third kappa shape index (κ3) is 6.25. The summed E-state index contributed by atoms with van der Waals surface area (Å²) in [7, 11) is 0. The molecule has 1 saturated heterocycles. The smallest absolute Gasteiger partial charge is 0.252 e. The fraction of sp³-hybridized carbons (Fsp3) is 0.438. The number of aliphatic hydroxyl groups is 3. The normalized spacial score (nSPS) is 25.3. The number of nitrogens with one attached hydrogen (secondary N) is 3. The summed E-state index contributed by atoms with van der Waals surface area (Å²) in [6, 6.07) is 20.6. The Bertz CT molecular complexity index is 1510. The molecular formula is C32H39N7O5. The van der Waals surface area contributed by atoms with Crippen LogP contribution < -0.4 is 16.0 Å². The first kappa shape index (κ1) is 29.9.